The van der Waals surface area contributed by atoms with Gasteiger partial charge in [0.05, 0.1) is 4.90 Å². The highest BCUT2D eigenvalue weighted by molar-refractivity contribution is 7.89. The fraction of sp³-hybridized carbons (Fsp3) is 0.600. The summed E-state index contributed by atoms with van der Waals surface area (Å²) in [5.74, 6) is 0.315. The van der Waals surface area contributed by atoms with Crippen molar-refractivity contribution in [3.8, 4) is 0 Å². The number of piperidine rings is 1. The molecule has 2 atom stereocenters. The van der Waals surface area contributed by atoms with Crippen molar-refractivity contribution in [2.24, 2.45) is 17.8 Å². The number of hydrogen-bond donors (Lipinski definition) is 2. The minimum Gasteiger partial charge on any atom is -0.349 e. The summed E-state index contributed by atoms with van der Waals surface area (Å²) in [4.78, 5) is 24.2. The first-order valence-electron chi connectivity index (χ1n) is 12.0. The maximum Gasteiger partial charge on any atom is 0.243 e. The van der Waals surface area contributed by atoms with Crippen LogP contribution in [-0.4, -0.2) is 43.7 Å². The molecule has 7 nitrogen and oxygen atoms in total. The van der Waals surface area contributed by atoms with E-state index in [2.05, 4.69) is 17.2 Å². The van der Waals surface area contributed by atoms with E-state index in [1.807, 2.05) is 13.8 Å². The van der Waals surface area contributed by atoms with E-state index in [4.69, 9.17) is 0 Å². The molecule has 2 aliphatic rings. The molecular formula is C25H37N3O4S. The Labute approximate surface area is 198 Å². The van der Waals surface area contributed by atoms with Crippen molar-refractivity contribution in [3.05, 3.63) is 36.9 Å². The summed E-state index contributed by atoms with van der Waals surface area (Å²) in [5, 5.41) is 5.81. The minimum absolute atomic E-state index is 0.0255. The Morgan fingerprint density at radius 2 is 1.67 bits per heavy atom. The SMILES string of the molecule is C=CC(=O)NC1C(C)CN(S(=O)(=O)c2ccc(NC(=O)CCC3CCCCC3)cc2)CC1C. The van der Waals surface area contributed by atoms with E-state index in [0.29, 0.717) is 31.1 Å². The molecule has 0 bridgehead atoms. The van der Waals surface area contributed by atoms with Crippen LogP contribution in [0.1, 0.15) is 58.8 Å². The molecule has 1 aliphatic heterocycles. The second kappa shape index (κ2) is 11.3. The Balaban J connectivity index is 1.57. The summed E-state index contributed by atoms with van der Waals surface area (Å²) in [6.07, 6.45) is 8.92. The largest absolute Gasteiger partial charge is 0.349 e. The number of benzene rings is 1. The predicted octanol–water partition coefficient (Wildman–Crippen LogP) is 3.93. The smallest absolute Gasteiger partial charge is 0.243 e. The first-order chi connectivity index (χ1) is 15.7. The van der Waals surface area contributed by atoms with Crippen LogP contribution in [-0.2, 0) is 19.6 Å². The summed E-state index contributed by atoms with van der Waals surface area (Å²) in [7, 11) is -3.67. The van der Waals surface area contributed by atoms with E-state index in [-0.39, 0.29) is 34.6 Å². The summed E-state index contributed by atoms with van der Waals surface area (Å²) < 4.78 is 27.9. The topological polar surface area (TPSA) is 95.6 Å². The van der Waals surface area contributed by atoms with Gasteiger partial charge >= 0.3 is 0 Å². The van der Waals surface area contributed by atoms with Gasteiger partial charge in [-0.3, -0.25) is 9.59 Å². The van der Waals surface area contributed by atoms with Crippen LogP contribution in [0.25, 0.3) is 0 Å². The number of carbonyl (C=O) groups is 2. The van der Waals surface area contributed by atoms with Crippen LogP contribution in [0.2, 0.25) is 0 Å². The summed E-state index contributed by atoms with van der Waals surface area (Å²) >= 11 is 0. The summed E-state index contributed by atoms with van der Waals surface area (Å²) in [5.41, 5.74) is 0.607. The molecule has 0 spiro atoms. The molecule has 2 unspecified atom stereocenters. The van der Waals surface area contributed by atoms with Crippen LogP contribution in [0.15, 0.2) is 41.8 Å². The highest BCUT2D eigenvalue weighted by atomic mass is 32.2. The standard InChI is InChI=1S/C25H37N3O4S/c1-4-23(29)27-25-18(2)16-28(17-19(25)3)33(31,32)22-13-11-21(12-14-22)26-24(30)15-10-20-8-6-5-7-9-20/h4,11-14,18-20,25H,1,5-10,15-17H2,2-3H3,(H,26,30)(H,27,29). The molecule has 182 valence electrons. The third kappa shape index (κ3) is 6.67. The number of nitrogens with zero attached hydrogens (tertiary/aromatic N) is 1. The Hall–Kier alpha value is -2.19. The lowest BCUT2D eigenvalue weighted by molar-refractivity contribution is -0.118. The normalized spacial score (nSPS) is 24.7. The van der Waals surface area contributed by atoms with Crippen LogP contribution < -0.4 is 10.6 Å². The van der Waals surface area contributed by atoms with Gasteiger partial charge in [0.15, 0.2) is 0 Å². The Bertz CT molecular complexity index is 927. The molecule has 2 amide bonds. The first kappa shape index (κ1) is 25.4. The molecule has 33 heavy (non-hydrogen) atoms. The zero-order chi connectivity index (χ0) is 24.0. The number of amides is 2. The average molecular weight is 476 g/mol. The van der Waals surface area contributed by atoms with Gasteiger partial charge in [0, 0.05) is 31.2 Å². The van der Waals surface area contributed by atoms with Gasteiger partial charge in [0.25, 0.3) is 0 Å². The van der Waals surface area contributed by atoms with Gasteiger partial charge in [-0.15, -0.1) is 0 Å². The van der Waals surface area contributed by atoms with Crippen LogP contribution in [0.3, 0.4) is 0 Å². The third-order valence-electron chi connectivity index (χ3n) is 6.98. The van der Waals surface area contributed by atoms with Gasteiger partial charge < -0.3 is 10.6 Å². The minimum atomic E-state index is -3.67. The van der Waals surface area contributed by atoms with Gasteiger partial charge in [0.1, 0.15) is 0 Å². The highest BCUT2D eigenvalue weighted by Crippen LogP contribution is 2.29. The molecule has 1 aliphatic carbocycles. The molecule has 1 heterocycles. The van der Waals surface area contributed by atoms with E-state index >= 15 is 0 Å². The van der Waals surface area contributed by atoms with Crippen molar-refractivity contribution in [2.75, 3.05) is 18.4 Å². The van der Waals surface area contributed by atoms with E-state index in [9.17, 15) is 18.0 Å². The molecule has 2 N–H and O–H groups in total. The molecule has 1 aromatic carbocycles. The number of rotatable bonds is 8. The molecule has 2 fully saturated rings. The fourth-order valence-electron chi connectivity index (χ4n) is 5.10. The van der Waals surface area contributed by atoms with E-state index < -0.39 is 10.0 Å². The zero-order valence-electron chi connectivity index (χ0n) is 19.8. The number of carbonyl (C=O) groups excluding carboxylic acids is 2. The van der Waals surface area contributed by atoms with Crippen molar-refractivity contribution < 1.29 is 18.0 Å². The second-order valence-corrected chi connectivity index (χ2v) is 11.6. The first-order valence-corrected chi connectivity index (χ1v) is 13.5. The van der Waals surface area contributed by atoms with Gasteiger partial charge in [0.2, 0.25) is 21.8 Å². The van der Waals surface area contributed by atoms with Crippen LogP contribution in [0.5, 0.6) is 0 Å². The van der Waals surface area contributed by atoms with E-state index in [0.717, 1.165) is 6.42 Å². The maximum atomic E-state index is 13.2. The molecular weight excluding hydrogens is 438 g/mol. The Kier molecular flexibility index (Phi) is 8.70. The Morgan fingerprint density at radius 1 is 1.06 bits per heavy atom. The predicted molar refractivity (Wildman–Crippen MR) is 130 cm³/mol. The number of sulfonamides is 1. The number of nitrogens with one attached hydrogen (secondary N) is 2. The maximum absolute atomic E-state index is 13.2. The zero-order valence-corrected chi connectivity index (χ0v) is 20.6. The van der Waals surface area contributed by atoms with Gasteiger partial charge in [-0.25, -0.2) is 8.42 Å². The second-order valence-electron chi connectivity index (χ2n) is 9.63. The number of hydrogen-bond acceptors (Lipinski definition) is 4. The monoisotopic (exact) mass is 475 g/mol. The lowest BCUT2D eigenvalue weighted by atomic mass is 9.86. The molecule has 8 heteroatoms. The van der Waals surface area contributed by atoms with E-state index in [1.54, 1.807) is 24.3 Å². The average Bonchev–Trinajstić information content (AvgIpc) is 2.80. The molecule has 0 radical (unpaired) electrons. The van der Waals surface area contributed by atoms with Gasteiger partial charge in [-0.05, 0) is 54.5 Å². The Morgan fingerprint density at radius 3 is 2.24 bits per heavy atom. The molecule has 1 saturated heterocycles. The van der Waals surface area contributed by atoms with Crippen molar-refractivity contribution in [1.29, 1.82) is 0 Å². The van der Waals surface area contributed by atoms with Crippen molar-refractivity contribution in [1.82, 2.24) is 9.62 Å². The van der Waals surface area contributed by atoms with Crippen LogP contribution >= 0.6 is 0 Å². The lowest BCUT2D eigenvalue weighted by Crippen LogP contribution is -2.55. The molecule has 0 aromatic heterocycles. The fourth-order valence-corrected chi connectivity index (χ4v) is 6.74. The van der Waals surface area contributed by atoms with Crippen molar-refractivity contribution in [2.45, 2.75) is 69.7 Å². The van der Waals surface area contributed by atoms with Crippen molar-refractivity contribution in [3.63, 3.8) is 0 Å². The highest BCUT2D eigenvalue weighted by Gasteiger charge is 2.38. The molecule has 1 aromatic rings. The third-order valence-corrected chi connectivity index (χ3v) is 8.83. The van der Waals surface area contributed by atoms with Gasteiger partial charge in [-0.2, -0.15) is 4.31 Å². The van der Waals surface area contributed by atoms with Crippen LogP contribution in [0.4, 0.5) is 5.69 Å². The molecule has 3 rings (SSSR count). The van der Waals surface area contributed by atoms with Gasteiger partial charge in [-0.1, -0.05) is 52.5 Å². The lowest BCUT2D eigenvalue weighted by Gasteiger charge is -2.40. The van der Waals surface area contributed by atoms with Crippen molar-refractivity contribution >= 4 is 27.5 Å². The summed E-state index contributed by atoms with van der Waals surface area (Å²) in [6, 6.07) is 6.29. The quantitative estimate of drug-likeness (QED) is 0.557. The number of anilines is 1. The molecule has 1 saturated carbocycles. The summed E-state index contributed by atoms with van der Waals surface area (Å²) in [6.45, 7) is 8.02. The van der Waals surface area contributed by atoms with Crippen LogP contribution in [0, 0.1) is 17.8 Å². The van der Waals surface area contributed by atoms with E-state index in [1.165, 1.54) is 42.5 Å².